The van der Waals surface area contributed by atoms with Gasteiger partial charge in [0, 0.05) is 37.4 Å². The Morgan fingerprint density at radius 3 is 2.68 bits per heavy atom. The van der Waals surface area contributed by atoms with E-state index >= 15 is 0 Å². The number of hydrogen-bond donors (Lipinski definition) is 1. The highest BCUT2D eigenvalue weighted by Gasteiger charge is 2.21. The van der Waals surface area contributed by atoms with Gasteiger partial charge in [-0.15, -0.1) is 0 Å². The summed E-state index contributed by atoms with van der Waals surface area (Å²) in [5.74, 6) is 0.729. The van der Waals surface area contributed by atoms with E-state index in [1.165, 1.54) is 37.8 Å². The van der Waals surface area contributed by atoms with Crippen molar-refractivity contribution in [3.63, 3.8) is 0 Å². The van der Waals surface area contributed by atoms with Crippen molar-refractivity contribution in [2.45, 2.75) is 57.4 Å². The average molecular weight is 304 g/mol. The summed E-state index contributed by atoms with van der Waals surface area (Å²) >= 11 is 0. The summed E-state index contributed by atoms with van der Waals surface area (Å²) in [4.78, 5) is 14.7. The Morgan fingerprint density at radius 2 is 1.95 bits per heavy atom. The molecule has 2 saturated heterocycles. The first-order valence-electron chi connectivity index (χ1n) is 8.85. The molecule has 0 radical (unpaired) electrons. The van der Waals surface area contributed by atoms with Gasteiger partial charge in [-0.05, 0) is 38.3 Å². The van der Waals surface area contributed by atoms with Gasteiger partial charge in [0.05, 0.1) is 0 Å². The van der Waals surface area contributed by atoms with Crippen LogP contribution in [0.1, 0.15) is 56.6 Å². The minimum absolute atomic E-state index is 0.232. The predicted octanol–water partition coefficient (Wildman–Crippen LogP) is 2.14. The lowest BCUT2D eigenvalue weighted by atomic mass is 9.96. The number of amides is 1. The molecule has 5 heteroatoms. The minimum atomic E-state index is 0.232. The maximum absolute atomic E-state index is 12.6. The summed E-state index contributed by atoms with van der Waals surface area (Å²) in [6.45, 7) is 4.35. The van der Waals surface area contributed by atoms with Gasteiger partial charge in [0.2, 0.25) is 5.91 Å². The van der Waals surface area contributed by atoms with Crippen LogP contribution in [-0.2, 0) is 11.3 Å². The van der Waals surface area contributed by atoms with Gasteiger partial charge in [0.25, 0.3) is 0 Å². The van der Waals surface area contributed by atoms with Crippen LogP contribution < -0.4 is 5.32 Å². The Morgan fingerprint density at radius 1 is 1.18 bits per heavy atom. The lowest BCUT2D eigenvalue weighted by Crippen LogP contribution is -2.37. The number of nitrogens with one attached hydrogen (secondary N) is 1. The van der Waals surface area contributed by atoms with E-state index in [4.69, 9.17) is 0 Å². The molecule has 5 nitrogen and oxygen atoms in total. The lowest BCUT2D eigenvalue weighted by Gasteiger charge is -2.26. The van der Waals surface area contributed by atoms with Gasteiger partial charge in [-0.3, -0.25) is 9.48 Å². The van der Waals surface area contributed by atoms with Crippen LogP contribution in [0.4, 0.5) is 0 Å². The zero-order valence-corrected chi connectivity index (χ0v) is 13.5. The highest BCUT2D eigenvalue weighted by molar-refractivity contribution is 5.76. The SMILES string of the molecule is O=C(Cn1nccc1[C@@H]1CCCNC1)N1CCCCCCC1. The third-order valence-electron chi connectivity index (χ3n) is 4.96. The second-order valence-electron chi connectivity index (χ2n) is 6.61. The van der Waals surface area contributed by atoms with Gasteiger partial charge in [-0.2, -0.15) is 5.10 Å². The predicted molar refractivity (Wildman–Crippen MR) is 86.7 cm³/mol. The smallest absolute Gasteiger partial charge is 0.244 e. The van der Waals surface area contributed by atoms with Crippen LogP contribution in [0.2, 0.25) is 0 Å². The van der Waals surface area contributed by atoms with E-state index in [1.54, 1.807) is 0 Å². The highest BCUT2D eigenvalue weighted by atomic mass is 16.2. The number of carbonyl (C=O) groups excluding carboxylic acids is 1. The first kappa shape index (κ1) is 15.5. The maximum atomic E-state index is 12.6. The van der Waals surface area contributed by atoms with Crippen LogP contribution in [0.15, 0.2) is 12.3 Å². The average Bonchev–Trinajstić information content (AvgIpc) is 2.95. The van der Waals surface area contributed by atoms with Crippen molar-refractivity contribution in [1.29, 1.82) is 0 Å². The molecule has 0 aliphatic carbocycles. The Hall–Kier alpha value is -1.36. The molecule has 2 aliphatic rings. The van der Waals surface area contributed by atoms with Crippen LogP contribution in [0, 0.1) is 0 Å². The van der Waals surface area contributed by atoms with Crippen molar-refractivity contribution in [1.82, 2.24) is 20.0 Å². The molecule has 22 heavy (non-hydrogen) atoms. The molecule has 1 N–H and O–H groups in total. The molecule has 1 aromatic rings. The minimum Gasteiger partial charge on any atom is -0.341 e. The normalized spacial score (nSPS) is 23.8. The second-order valence-corrected chi connectivity index (χ2v) is 6.61. The zero-order chi connectivity index (χ0) is 15.2. The maximum Gasteiger partial charge on any atom is 0.244 e. The second kappa shape index (κ2) is 7.77. The van der Waals surface area contributed by atoms with Crippen molar-refractivity contribution in [2.75, 3.05) is 26.2 Å². The number of rotatable bonds is 3. The van der Waals surface area contributed by atoms with Crippen LogP contribution in [0.5, 0.6) is 0 Å². The monoisotopic (exact) mass is 304 g/mol. The topological polar surface area (TPSA) is 50.2 Å². The van der Waals surface area contributed by atoms with E-state index in [0.29, 0.717) is 12.5 Å². The summed E-state index contributed by atoms with van der Waals surface area (Å²) in [7, 11) is 0. The van der Waals surface area contributed by atoms with Crippen molar-refractivity contribution >= 4 is 5.91 Å². The quantitative estimate of drug-likeness (QED) is 0.931. The molecular weight excluding hydrogens is 276 g/mol. The lowest BCUT2D eigenvalue weighted by molar-refractivity contribution is -0.132. The van der Waals surface area contributed by atoms with E-state index in [-0.39, 0.29) is 5.91 Å². The Balaban J connectivity index is 1.62. The molecule has 0 saturated carbocycles. The molecule has 1 atom stereocenters. The number of nitrogens with zero attached hydrogens (tertiary/aromatic N) is 3. The van der Waals surface area contributed by atoms with E-state index < -0.39 is 0 Å². The van der Waals surface area contributed by atoms with Crippen LogP contribution in [-0.4, -0.2) is 46.8 Å². The molecule has 1 amide bonds. The summed E-state index contributed by atoms with van der Waals surface area (Å²) in [6, 6.07) is 2.08. The molecule has 2 aliphatic heterocycles. The third kappa shape index (κ3) is 3.88. The third-order valence-corrected chi connectivity index (χ3v) is 4.96. The van der Waals surface area contributed by atoms with Crippen LogP contribution in [0.25, 0.3) is 0 Å². The molecule has 122 valence electrons. The van der Waals surface area contributed by atoms with E-state index in [1.807, 2.05) is 15.8 Å². The van der Waals surface area contributed by atoms with E-state index in [0.717, 1.165) is 39.0 Å². The molecule has 1 aromatic heterocycles. The number of aromatic nitrogens is 2. The summed E-state index contributed by atoms with van der Waals surface area (Å²) in [5, 5.41) is 7.86. The standard InChI is InChI=1S/C17H28N4O/c22-17(20-11-4-2-1-3-5-12-20)14-21-16(8-10-19-21)15-7-6-9-18-13-15/h8,10,15,18H,1-7,9,11-14H2/t15-/m1/s1. The van der Waals surface area contributed by atoms with Crippen molar-refractivity contribution in [3.8, 4) is 0 Å². The molecule has 0 bridgehead atoms. The molecule has 0 unspecified atom stereocenters. The van der Waals surface area contributed by atoms with Crippen molar-refractivity contribution in [3.05, 3.63) is 18.0 Å². The molecular formula is C17H28N4O. The van der Waals surface area contributed by atoms with Gasteiger partial charge >= 0.3 is 0 Å². The molecule has 2 fully saturated rings. The summed E-state index contributed by atoms with van der Waals surface area (Å²) in [5.41, 5.74) is 1.22. The molecule has 0 spiro atoms. The van der Waals surface area contributed by atoms with Crippen LogP contribution in [0.3, 0.4) is 0 Å². The van der Waals surface area contributed by atoms with Gasteiger partial charge in [-0.25, -0.2) is 0 Å². The fourth-order valence-electron chi connectivity index (χ4n) is 3.65. The number of piperidine rings is 1. The van der Waals surface area contributed by atoms with Gasteiger partial charge in [-0.1, -0.05) is 19.3 Å². The van der Waals surface area contributed by atoms with Gasteiger partial charge in [0.15, 0.2) is 0 Å². The van der Waals surface area contributed by atoms with E-state index in [9.17, 15) is 4.79 Å². The van der Waals surface area contributed by atoms with Crippen molar-refractivity contribution < 1.29 is 4.79 Å². The number of likely N-dealkylation sites (tertiary alicyclic amines) is 1. The summed E-state index contributed by atoms with van der Waals surface area (Å²) < 4.78 is 1.93. The molecule has 3 rings (SSSR count). The van der Waals surface area contributed by atoms with E-state index in [2.05, 4.69) is 16.5 Å². The molecule has 0 aromatic carbocycles. The first-order chi connectivity index (χ1) is 10.8. The largest absolute Gasteiger partial charge is 0.341 e. The zero-order valence-electron chi connectivity index (χ0n) is 13.5. The Bertz CT molecular complexity index is 471. The van der Waals surface area contributed by atoms with Gasteiger partial charge in [0.1, 0.15) is 6.54 Å². The van der Waals surface area contributed by atoms with Crippen molar-refractivity contribution in [2.24, 2.45) is 0 Å². The Labute approximate surface area is 133 Å². The first-order valence-corrected chi connectivity index (χ1v) is 8.85. The Kier molecular flexibility index (Phi) is 5.48. The fourth-order valence-corrected chi connectivity index (χ4v) is 3.65. The van der Waals surface area contributed by atoms with Crippen LogP contribution >= 0.6 is 0 Å². The highest BCUT2D eigenvalue weighted by Crippen LogP contribution is 2.23. The number of carbonyl (C=O) groups is 1. The number of hydrogen-bond acceptors (Lipinski definition) is 3. The van der Waals surface area contributed by atoms with Gasteiger partial charge < -0.3 is 10.2 Å². The molecule has 3 heterocycles. The fraction of sp³-hybridized carbons (Fsp3) is 0.765. The summed E-state index contributed by atoms with van der Waals surface area (Å²) in [6.07, 6.45) is 10.3.